The fourth-order valence-corrected chi connectivity index (χ4v) is 5.01. The minimum Gasteiger partial charge on any atom is -0.446 e. The van der Waals surface area contributed by atoms with Crippen molar-refractivity contribution in [3.05, 3.63) is 71.0 Å². The van der Waals surface area contributed by atoms with Crippen LogP contribution >= 0.6 is 0 Å². The van der Waals surface area contributed by atoms with Crippen LogP contribution in [-0.2, 0) is 28.0 Å². The number of anilines is 1. The molecule has 11 heteroatoms. The van der Waals surface area contributed by atoms with Gasteiger partial charge in [-0.15, -0.1) is 0 Å². The average molecular weight is 503 g/mol. The van der Waals surface area contributed by atoms with Crippen molar-refractivity contribution in [1.82, 2.24) is 13.9 Å². The second-order valence-corrected chi connectivity index (χ2v) is 10.3. The molecule has 0 saturated carbocycles. The van der Waals surface area contributed by atoms with Crippen LogP contribution in [0.3, 0.4) is 0 Å². The van der Waals surface area contributed by atoms with Crippen LogP contribution in [0.25, 0.3) is 5.57 Å². The summed E-state index contributed by atoms with van der Waals surface area (Å²) in [6.45, 7) is 4.38. The molecule has 2 aromatic carbocycles. The van der Waals surface area contributed by atoms with Crippen LogP contribution in [0.4, 0.5) is 19.7 Å². The lowest BCUT2D eigenvalue weighted by molar-refractivity contribution is 0.121. The molecule has 0 bridgehead atoms. The molecule has 2 aliphatic rings. The third-order valence-corrected chi connectivity index (χ3v) is 7.19. The highest BCUT2D eigenvalue weighted by molar-refractivity contribution is 7.87. The summed E-state index contributed by atoms with van der Waals surface area (Å²) >= 11 is 0. The molecule has 0 radical (unpaired) electrons. The predicted octanol–water partition coefficient (Wildman–Crippen LogP) is 3.84. The van der Waals surface area contributed by atoms with E-state index >= 15 is 0 Å². The second kappa shape index (κ2) is 10.0. The van der Waals surface area contributed by atoms with Crippen molar-refractivity contribution in [2.24, 2.45) is 0 Å². The van der Waals surface area contributed by atoms with E-state index < -0.39 is 22.4 Å². The van der Waals surface area contributed by atoms with Crippen LogP contribution in [0, 0.1) is 5.82 Å². The molecule has 0 aromatic heterocycles. The Balaban J connectivity index is 1.32. The zero-order valence-corrected chi connectivity index (χ0v) is 20.3. The summed E-state index contributed by atoms with van der Waals surface area (Å²) in [6, 6.07) is 11.6. The molecule has 186 valence electrons. The summed E-state index contributed by atoms with van der Waals surface area (Å²) in [7, 11) is -3.99. The van der Waals surface area contributed by atoms with Gasteiger partial charge in [0.2, 0.25) is 0 Å². The van der Waals surface area contributed by atoms with Crippen molar-refractivity contribution in [2.45, 2.75) is 39.5 Å². The largest absolute Gasteiger partial charge is 0.446 e. The van der Waals surface area contributed by atoms with Crippen LogP contribution in [0.5, 0.6) is 0 Å². The molecule has 2 aliphatic heterocycles. The molecule has 0 saturated heterocycles. The SMILES string of the molecule is CC(C)OC(=O)NS(=O)(=O)N1CC=C(c2ccc(NC(=O)N3Cc4ccc(F)cc4C3)cc2)CC1. The summed E-state index contributed by atoms with van der Waals surface area (Å²) < 4.78 is 46.1. The van der Waals surface area contributed by atoms with Crippen molar-refractivity contribution < 1.29 is 27.1 Å². The zero-order valence-electron chi connectivity index (χ0n) is 19.5. The lowest BCUT2D eigenvalue weighted by Gasteiger charge is -2.26. The van der Waals surface area contributed by atoms with E-state index in [2.05, 4.69) is 5.32 Å². The van der Waals surface area contributed by atoms with Crippen molar-refractivity contribution >= 4 is 33.6 Å². The van der Waals surface area contributed by atoms with Gasteiger partial charge in [-0.05, 0) is 66.8 Å². The summed E-state index contributed by atoms with van der Waals surface area (Å²) in [5.41, 5.74) is 4.24. The number of hydrogen-bond donors (Lipinski definition) is 2. The van der Waals surface area contributed by atoms with Crippen molar-refractivity contribution in [3.63, 3.8) is 0 Å². The van der Waals surface area contributed by atoms with Gasteiger partial charge in [0.15, 0.2) is 0 Å². The van der Waals surface area contributed by atoms with Crippen LogP contribution < -0.4 is 10.0 Å². The fourth-order valence-electron chi connectivity index (χ4n) is 4.02. The number of halogens is 1. The van der Waals surface area contributed by atoms with Gasteiger partial charge >= 0.3 is 22.3 Å². The summed E-state index contributed by atoms with van der Waals surface area (Å²) in [6.07, 6.45) is 0.832. The van der Waals surface area contributed by atoms with E-state index in [1.54, 1.807) is 43.0 Å². The summed E-state index contributed by atoms with van der Waals surface area (Å²) in [4.78, 5) is 25.9. The first-order valence-electron chi connectivity index (χ1n) is 11.2. The standard InChI is InChI=1S/C24H27FN4O5S/c1-16(2)34-24(31)27-35(32,33)29-11-9-18(10-12-29)17-4-7-22(8-5-17)26-23(30)28-14-19-3-6-21(25)13-20(19)15-28/h3-9,13,16H,10-12,14-15H2,1-2H3,(H,26,30)(H,27,31). The number of carbonyl (C=O) groups is 2. The van der Waals surface area contributed by atoms with E-state index in [0.717, 1.165) is 22.3 Å². The third kappa shape index (κ3) is 5.98. The van der Waals surface area contributed by atoms with E-state index in [-0.39, 0.29) is 24.9 Å². The molecule has 0 atom stereocenters. The summed E-state index contributed by atoms with van der Waals surface area (Å²) in [5.74, 6) is -0.316. The Morgan fingerprint density at radius 1 is 1.06 bits per heavy atom. The first-order chi connectivity index (χ1) is 16.6. The van der Waals surface area contributed by atoms with Gasteiger partial charge in [-0.3, -0.25) is 0 Å². The molecule has 0 spiro atoms. The van der Waals surface area contributed by atoms with Gasteiger partial charge < -0.3 is 15.0 Å². The van der Waals surface area contributed by atoms with Crippen LogP contribution in [0.1, 0.15) is 37.0 Å². The van der Waals surface area contributed by atoms with Crippen LogP contribution in [0.15, 0.2) is 48.5 Å². The van der Waals surface area contributed by atoms with E-state index in [4.69, 9.17) is 4.74 Å². The number of benzene rings is 2. The van der Waals surface area contributed by atoms with Crippen LogP contribution in [-0.4, -0.2) is 48.9 Å². The monoisotopic (exact) mass is 502 g/mol. The van der Waals surface area contributed by atoms with Gasteiger partial charge in [0.1, 0.15) is 5.82 Å². The lowest BCUT2D eigenvalue weighted by Crippen LogP contribution is -2.45. The smallest absolute Gasteiger partial charge is 0.422 e. The number of rotatable bonds is 5. The maximum atomic E-state index is 13.4. The quantitative estimate of drug-likeness (QED) is 0.646. The number of urea groups is 1. The molecule has 4 rings (SSSR count). The van der Waals surface area contributed by atoms with E-state index in [9.17, 15) is 22.4 Å². The Labute approximate surface area is 203 Å². The molecule has 35 heavy (non-hydrogen) atoms. The first-order valence-corrected chi connectivity index (χ1v) is 12.7. The fraction of sp³-hybridized carbons (Fsp3) is 0.333. The number of fused-ring (bicyclic) bond motifs is 1. The molecule has 0 unspecified atom stereocenters. The first kappa shape index (κ1) is 24.7. The van der Waals surface area contributed by atoms with Crippen molar-refractivity contribution in [1.29, 1.82) is 0 Å². The Kier molecular flexibility index (Phi) is 7.08. The number of nitrogens with one attached hydrogen (secondary N) is 2. The van der Waals surface area contributed by atoms with E-state index in [1.165, 1.54) is 16.4 Å². The highest BCUT2D eigenvalue weighted by atomic mass is 32.2. The molecule has 2 heterocycles. The Bertz CT molecular complexity index is 1260. The summed E-state index contributed by atoms with van der Waals surface area (Å²) in [5, 5.41) is 2.86. The lowest BCUT2D eigenvalue weighted by atomic mass is 10.0. The molecule has 2 N–H and O–H groups in total. The topological polar surface area (TPSA) is 108 Å². The highest BCUT2D eigenvalue weighted by Gasteiger charge is 2.27. The number of amides is 3. The molecule has 0 fully saturated rings. The van der Waals surface area contributed by atoms with Crippen LogP contribution in [0.2, 0.25) is 0 Å². The maximum Gasteiger partial charge on any atom is 0.422 e. The van der Waals surface area contributed by atoms with Crippen molar-refractivity contribution in [2.75, 3.05) is 18.4 Å². The number of carbonyl (C=O) groups excluding carboxylic acids is 2. The minimum atomic E-state index is -3.99. The molecular weight excluding hydrogens is 475 g/mol. The normalized spacial score (nSPS) is 16.0. The predicted molar refractivity (Wildman–Crippen MR) is 129 cm³/mol. The van der Waals surface area contributed by atoms with Gasteiger partial charge in [0, 0.05) is 31.9 Å². The van der Waals surface area contributed by atoms with Gasteiger partial charge in [0.25, 0.3) is 0 Å². The van der Waals surface area contributed by atoms with Gasteiger partial charge in [-0.1, -0.05) is 24.3 Å². The molecule has 2 aromatic rings. The maximum absolute atomic E-state index is 13.4. The molecule has 9 nitrogen and oxygen atoms in total. The third-order valence-electron chi connectivity index (χ3n) is 5.75. The molecule has 0 aliphatic carbocycles. The van der Waals surface area contributed by atoms with Gasteiger partial charge in [-0.25, -0.2) is 18.7 Å². The average Bonchev–Trinajstić information content (AvgIpc) is 3.22. The number of hydrogen-bond acceptors (Lipinski definition) is 5. The van der Waals surface area contributed by atoms with Gasteiger partial charge in [-0.2, -0.15) is 12.7 Å². The number of ether oxygens (including phenoxy) is 1. The minimum absolute atomic E-state index is 0.119. The number of nitrogens with zero attached hydrogens (tertiary/aromatic N) is 2. The Hall–Kier alpha value is -3.44. The highest BCUT2D eigenvalue weighted by Crippen LogP contribution is 2.26. The Morgan fingerprint density at radius 3 is 2.43 bits per heavy atom. The molecular formula is C24H27FN4O5S. The molecule has 3 amide bonds. The zero-order chi connectivity index (χ0) is 25.2. The van der Waals surface area contributed by atoms with E-state index in [1.807, 2.05) is 16.9 Å². The van der Waals surface area contributed by atoms with E-state index in [0.29, 0.717) is 25.2 Å². The van der Waals surface area contributed by atoms with Gasteiger partial charge in [0.05, 0.1) is 6.10 Å². The second-order valence-electron chi connectivity index (χ2n) is 8.68. The Morgan fingerprint density at radius 2 is 1.77 bits per heavy atom. The van der Waals surface area contributed by atoms with Crippen molar-refractivity contribution in [3.8, 4) is 0 Å².